The van der Waals surface area contributed by atoms with Crippen LogP contribution in [-0.2, 0) is 15.9 Å². The third-order valence-electron chi connectivity index (χ3n) is 3.47. The minimum absolute atomic E-state index is 0.0602. The van der Waals surface area contributed by atoms with Crippen molar-refractivity contribution in [1.29, 1.82) is 0 Å². The maximum absolute atomic E-state index is 5.56. The van der Waals surface area contributed by atoms with Crippen LogP contribution in [0.4, 0.5) is 0 Å². The van der Waals surface area contributed by atoms with Crippen molar-refractivity contribution in [3.05, 3.63) is 29.8 Å². The Bertz CT molecular complexity index is 391. The molecule has 1 saturated heterocycles. The second-order valence-electron chi connectivity index (χ2n) is 5.11. The van der Waals surface area contributed by atoms with Crippen LogP contribution in [0.5, 0.6) is 5.75 Å². The minimum Gasteiger partial charge on any atom is -0.497 e. The highest BCUT2D eigenvalue weighted by Crippen LogP contribution is 2.17. The van der Waals surface area contributed by atoms with E-state index in [4.69, 9.17) is 14.2 Å². The van der Waals surface area contributed by atoms with Gasteiger partial charge in [0.2, 0.25) is 0 Å². The lowest BCUT2D eigenvalue weighted by Crippen LogP contribution is -2.35. The van der Waals surface area contributed by atoms with Crippen LogP contribution >= 0.6 is 0 Å². The predicted molar refractivity (Wildman–Crippen MR) is 79.1 cm³/mol. The maximum atomic E-state index is 5.56. The Morgan fingerprint density at radius 1 is 1.35 bits per heavy atom. The van der Waals surface area contributed by atoms with Gasteiger partial charge in [0, 0.05) is 12.5 Å². The highest BCUT2D eigenvalue weighted by atomic mass is 16.7. The Balaban J connectivity index is 1.94. The van der Waals surface area contributed by atoms with Gasteiger partial charge in [-0.15, -0.1) is 0 Å². The number of benzene rings is 1. The summed E-state index contributed by atoms with van der Waals surface area (Å²) >= 11 is 0. The van der Waals surface area contributed by atoms with Gasteiger partial charge in [-0.25, -0.2) is 0 Å². The number of ether oxygens (including phenoxy) is 3. The van der Waals surface area contributed by atoms with Gasteiger partial charge >= 0.3 is 0 Å². The zero-order chi connectivity index (χ0) is 14.2. The fourth-order valence-electron chi connectivity index (χ4n) is 2.45. The van der Waals surface area contributed by atoms with E-state index >= 15 is 0 Å². The van der Waals surface area contributed by atoms with E-state index in [0.29, 0.717) is 19.3 Å². The van der Waals surface area contributed by atoms with Gasteiger partial charge in [0.1, 0.15) is 5.75 Å². The molecule has 1 unspecified atom stereocenters. The summed E-state index contributed by atoms with van der Waals surface area (Å²) in [6.07, 6.45) is 2.91. The van der Waals surface area contributed by atoms with E-state index in [1.54, 1.807) is 7.11 Å². The Hall–Kier alpha value is -1.10. The molecule has 112 valence electrons. The van der Waals surface area contributed by atoms with Crippen LogP contribution in [0.1, 0.15) is 25.3 Å². The average molecular weight is 279 g/mol. The standard InChI is InChI=1S/C16H25NO3/c1-3-7-17-14(12-16-19-8-9-20-16)10-13-5-4-6-15(11-13)18-2/h4-6,11,14,16-17H,3,7-10,12H2,1-2H3. The van der Waals surface area contributed by atoms with Crippen molar-refractivity contribution < 1.29 is 14.2 Å². The second kappa shape index (κ2) is 8.25. The molecule has 1 aromatic carbocycles. The zero-order valence-electron chi connectivity index (χ0n) is 12.4. The molecular weight excluding hydrogens is 254 g/mol. The van der Waals surface area contributed by atoms with Crippen molar-refractivity contribution in [3.8, 4) is 5.75 Å². The predicted octanol–water partition coefficient (Wildman–Crippen LogP) is 2.37. The third-order valence-corrected chi connectivity index (χ3v) is 3.47. The average Bonchev–Trinajstić information content (AvgIpc) is 2.98. The zero-order valence-corrected chi connectivity index (χ0v) is 12.4. The van der Waals surface area contributed by atoms with E-state index in [2.05, 4.69) is 24.4 Å². The van der Waals surface area contributed by atoms with Gasteiger partial charge in [-0.05, 0) is 37.1 Å². The molecule has 0 saturated carbocycles. The van der Waals surface area contributed by atoms with E-state index < -0.39 is 0 Å². The Kier molecular flexibility index (Phi) is 6.30. The smallest absolute Gasteiger partial charge is 0.159 e. The molecule has 0 bridgehead atoms. The fourth-order valence-corrected chi connectivity index (χ4v) is 2.45. The molecule has 20 heavy (non-hydrogen) atoms. The summed E-state index contributed by atoms with van der Waals surface area (Å²) < 4.78 is 16.4. The Morgan fingerprint density at radius 2 is 2.15 bits per heavy atom. The maximum Gasteiger partial charge on any atom is 0.159 e. The van der Waals surface area contributed by atoms with Crippen LogP contribution < -0.4 is 10.1 Å². The molecule has 1 aliphatic rings. The molecule has 4 nitrogen and oxygen atoms in total. The number of hydrogen-bond acceptors (Lipinski definition) is 4. The first-order valence-electron chi connectivity index (χ1n) is 7.41. The van der Waals surface area contributed by atoms with Gasteiger partial charge in [0.15, 0.2) is 6.29 Å². The number of hydrogen-bond donors (Lipinski definition) is 1. The topological polar surface area (TPSA) is 39.7 Å². The quantitative estimate of drug-likeness (QED) is 0.793. The lowest BCUT2D eigenvalue weighted by atomic mass is 10.0. The summed E-state index contributed by atoms with van der Waals surface area (Å²) in [6, 6.07) is 8.61. The fraction of sp³-hybridized carbons (Fsp3) is 0.625. The first kappa shape index (κ1) is 15.3. The lowest BCUT2D eigenvalue weighted by Gasteiger charge is -2.21. The second-order valence-corrected chi connectivity index (χ2v) is 5.11. The van der Waals surface area contributed by atoms with Crippen LogP contribution in [0.2, 0.25) is 0 Å². The van der Waals surface area contributed by atoms with E-state index in [9.17, 15) is 0 Å². The summed E-state index contributed by atoms with van der Waals surface area (Å²) in [7, 11) is 1.70. The molecule has 1 aliphatic heterocycles. The number of nitrogens with one attached hydrogen (secondary N) is 1. The van der Waals surface area contributed by atoms with Crippen LogP contribution in [0.15, 0.2) is 24.3 Å². The largest absolute Gasteiger partial charge is 0.497 e. The van der Waals surface area contributed by atoms with E-state index in [-0.39, 0.29) is 6.29 Å². The molecule has 4 heteroatoms. The van der Waals surface area contributed by atoms with Gasteiger partial charge in [-0.3, -0.25) is 0 Å². The molecule has 1 heterocycles. The summed E-state index contributed by atoms with van der Waals surface area (Å²) in [5.41, 5.74) is 1.27. The van der Waals surface area contributed by atoms with Gasteiger partial charge in [-0.2, -0.15) is 0 Å². The van der Waals surface area contributed by atoms with Gasteiger partial charge < -0.3 is 19.5 Å². The van der Waals surface area contributed by atoms with Crippen LogP contribution in [0.25, 0.3) is 0 Å². The van der Waals surface area contributed by atoms with Crippen LogP contribution in [0.3, 0.4) is 0 Å². The lowest BCUT2D eigenvalue weighted by molar-refractivity contribution is -0.0526. The number of methoxy groups -OCH3 is 1. The van der Waals surface area contributed by atoms with Crippen molar-refractivity contribution in [2.75, 3.05) is 26.9 Å². The molecule has 2 rings (SSSR count). The van der Waals surface area contributed by atoms with Crippen LogP contribution in [-0.4, -0.2) is 39.2 Å². The van der Waals surface area contributed by atoms with Crippen molar-refractivity contribution in [2.24, 2.45) is 0 Å². The van der Waals surface area contributed by atoms with Gasteiger partial charge in [0.05, 0.1) is 20.3 Å². The SMILES string of the molecule is CCCNC(Cc1cccc(OC)c1)CC1OCCO1. The van der Waals surface area contributed by atoms with E-state index in [1.165, 1.54) is 5.56 Å². The van der Waals surface area contributed by atoms with E-state index in [0.717, 1.165) is 31.6 Å². The van der Waals surface area contributed by atoms with Crippen molar-refractivity contribution in [2.45, 2.75) is 38.5 Å². The summed E-state index contributed by atoms with van der Waals surface area (Å²) in [4.78, 5) is 0. The third kappa shape index (κ3) is 4.78. The highest BCUT2D eigenvalue weighted by Gasteiger charge is 2.21. The van der Waals surface area contributed by atoms with Crippen LogP contribution in [0, 0.1) is 0 Å². The minimum atomic E-state index is -0.0602. The molecule has 1 fully saturated rings. The van der Waals surface area contributed by atoms with E-state index in [1.807, 2.05) is 12.1 Å². The molecule has 1 atom stereocenters. The van der Waals surface area contributed by atoms with Gasteiger partial charge in [0.25, 0.3) is 0 Å². The van der Waals surface area contributed by atoms with Gasteiger partial charge in [-0.1, -0.05) is 19.1 Å². The molecule has 0 spiro atoms. The Morgan fingerprint density at radius 3 is 2.85 bits per heavy atom. The summed E-state index contributed by atoms with van der Waals surface area (Å²) in [6.45, 7) is 4.62. The molecule has 0 aromatic heterocycles. The Labute approximate surface area is 121 Å². The monoisotopic (exact) mass is 279 g/mol. The van der Waals surface area contributed by atoms with Crippen molar-refractivity contribution in [3.63, 3.8) is 0 Å². The first-order valence-corrected chi connectivity index (χ1v) is 7.41. The molecule has 1 aromatic rings. The molecule has 1 N–H and O–H groups in total. The van der Waals surface area contributed by atoms with Crippen molar-refractivity contribution >= 4 is 0 Å². The number of rotatable bonds is 8. The first-order chi connectivity index (χ1) is 9.81. The van der Waals surface area contributed by atoms with Crippen molar-refractivity contribution in [1.82, 2.24) is 5.32 Å². The molecule has 0 aliphatic carbocycles. The normalized spacial score (nSPS) is 17.3. The highest BCUT2D eigenvalue weighted by molar-refractivity contribution is 5.28. The summed E-state index contributed by atoms with van der Waals surface area (Å²) in [5.74, 6) is 0.908. The molecule has 0 radical (unpaired) electrons. The molecular formula is C16H25NO3. The molecule has 0 amide bonds. The summed E-state index contributed by atoms with van der Waals surface area (Å²) in [5, 5.41) is 3.58.